The highest BCUT2D eigenvalue weighted by Crippen LogP contribution is 2.34. The molecule has 26 heavy (non-hydrogen) atoms. The molecule has 1 amide bonds. The Balaban J connectivity index is 1.70. The molecule has 144 valence electrons. The van der Waals surface area contributed by atoms with E-state index in [0.29, 0.717) is 44.0 Å². The highest BCUT2D eigenvalue weighted by Gasteiger charge is 2.49. The van der Waals surface area contributed by atoms with Gasteiger partial charge in [0.25, 0.3) is 5.91 Å². The van der Waals surface area contributed by atoms with E-state index in [1.54, 1.807) is 30.2 Å². The van der Waals surface area contributed by atoms with Crippen LogP contribution in [0.2, 0.25) is 0 Å². The van der Waals surface area contributed by atoms with E-state index in [4.69, 9.17) is 9.47 Å². The fourth-order valence-electron chi connectivity index (χ4n) is 3.59. The molecule has 0 radical (unpaired) electrons. The van der Waals surface area contributed by atoms with Crippen LogP contribution in [0.1, 0.15) is 18.4 Å². The van der Waals surface area contributed by atoms with Gasteiger partial charge < -0.3 is 18.9 Å². The van der Waals surface area contributed by atoms with Crippen LogP contribution in [-0.2, 0) is 28.9 Å². The maximum Gasteiger partial charge on any atom is 0.255 e. The van der Waals surface area contributed by atoms with Crippen LogP contribution in [0.4, 0.5) is 0 Å². The van der Waals surface area contributed by atoms with E-state index in [0.717, 1.165) is 5.56 Å². The van der Waals surface area contributed by atoms with Crippen molar-refractivity contribution in [3.63, 3.8) is 0 Å². The lowest BCUT2D eigenvalue weighted by Gasteiger charge is -2.45. The molecule has 1 unspecified atom stereocenters. The smallest absolute Gasteiger partial charge is 0.255 e. The Morgan fingerprint density at radius 2 is 2.04 bits per heavy atom. The van der Waals surface area contributed by atoms with Crippen molar-refractivity contribution in [1.29, 1.82) is 0 Å². The first-order valence-corrected chi connectivity index (χ1v) is 10.3. The molecule has 7 nitrogen and oxygen atoms in total. The fraction of sp³-hybridized carbons (Fsp3) is 0.611. The summed E-state index contributed by atoms with van der Waals surface area (Å²) in [4.78, 5) is 14.9. The second-order valence-electron chi connectivity index (χ2n) is 6.85. The van der Waals surface area contributed by atoms with Crippen LogP contribution >= 0.6 is 0 Å². The van der Waals surface area contributed by atoms with Crippen LogP contribution in [0, 0.1) is 6.92 Å². The van der Waals surface area contributed by atoms with E-state index >= 15 is 0 Å². The Bertz CT molecular complexity index is 703. The summed E-state index contributed by atoms with van der Waals surface area (Å²) >= 11 is 0. The van der Waals surface area contributed by atoms with Gasteiger partial charge in [-0.15, -0.1) is 4.31 Å². The molecule has 2 aliphatic heterocycles. The minimum atomic E-state index is -3.55. The largest absolute Gasteiger partial charge is 0.593 e. The molecular formula is C18H26N2O5S. The number of ether oxygens (including phenoxy) is 2. The van der Waals surface area contributed by atoms with Crippen molar-refractivity contribution in [1.82, 2.24) is 9.21 Å². The normalized spacial score (nSPS) is 23.2. The second kappa shape index (κ2) is 7.74. The summed E-state index contributed by atoms with van der Waals surface area (Å²) in [7, 11) is -1.95. The number of carbonyl (C=O) groups is 1. The number of aryl methyl sites for hydroxylation is 1. The average Bonchev–Trinajstić information content (AvgIpc) is 2.63. The quantitative estimate of drug-likeness (QED) is 0.716. The van der Waals surface area contributed by atoms with Crippen molar-refractivity contribution in [3.05, 3.63) is 29.8 Å². The number of hydrogen-bond acceptors (Lipinski definition) is 5. The molecule has 2 fully saturated rings. The highest BCUT2D eigenvalue weighted by atomic mass is 32.3. The van der Waals surface area contributed by atoms with Gasteiger partial charge in [-0.1, -0.05) is 16.3 Å². The molecule has 1 aromatic carbocycles. The molecule has 1 atom stereocenters. The first-order valence-electron chi connectivity index (χ1n) is 8.88. The third-order valence-corrected chi connectivity index (χ3v) is 7.03. The molecule has 8 heteroatoms. The highest BCUT2D eigenvalue weighted by molar-refractivity contribution is 7.95. The Labute approximate surface area is 155 Å². The minimum absolute atomic E-state index is 0.0478. The van der Waals surface area contributed by atoms with E-state index in [9.17, 15) is 13.6 Å². The molecule has 2 heterocycles. The number of benzene rings is 1. The molecule has 0 saturated carbocycles. The number of sulfonamides is 1. The minimum Gasteiger partial charge on any atom is -0.593 e. The molecule has 0 aliphatic carbocycles. The molecule has 2 saturated heterocycles. The van der Waals surface area contributed by atoms with Crippen LogP contribution in [0.3, 0.4) is 0 Å². The summed E-state index contributed by atoms with van der Waals surface area (Å²) in [6.07, 6.45) is 0.751. The van der Waals surface area contributed by atoms with Crippen LogP contribution in [0.5, 0.6) is 0 Å². The molecule has 0 aromatic heterocycles. The van der Waals surface area contributed by atoms with Crippen molar-refractivity contribution in [2.24, 2.45) is 0 Å². The summed E-state index contributed by atoms with van der Waals surface area (Å²) in [5.41, 5.74) is 0.00377. The Kier molecular flexibility index (Phi) is 5.78. The zero-order valence-electron chi connectivity index (χ0n) is 15.3. The van der Waals surface area contributed by atoms with E-state index in [1.807, 2.05) is 13.0 Å². The summed E-state index contributed by atoms with van der Waals surface area (Å²) in [5.74, 6) is -0.0478. The Hall–Kier alpha value is -1.32. The van der Waals surface area contributed by atoms with Crippen LogP contribution in [-0.4, -0.2) is 71.8 Å². The third kappa shape index (κ3) is 3.70. The predicted octanol–water partition coefficient (Wildman–Crippen LogP) is 1.24. The van der Waals surface area contributed by atoms with Gasteiger partial charge in [-0.3, -0.25) is 4.79 Å². The van der Waals surface area contributed by atoms with Crippen molar-refractivity contribution in [3.8, 4) is 0 Å². The van der Waals surface area contributed by atoms with Gasteiger partial charge >= 0.3 is 0 Å². The van der Waals surface area contributed by atoms with Gasteiger partial charge in [0.15, 0.2) is 15.3 Å². The number of amides is 1. The fourth-order valence-corrected chi connectivity index (χ4v) is 5.14. The molecule has 2 aliphatic rings. The van der Waals surface area contributed by atoms with E-state index in [-0.39, 0.29) is 19.0 Å². The Morgan fingerprint density at radius 1 is 1.31 bits per heavy atom. The van der Waals surface area contributed by atoms with Gasteiger partial charge in [-0.2, -0.15) is 0 Å². The van der Waals surface area contributed by atoms with Gasteiger partial charge in [0.1, 0.15) is 5.60 Å². The standard InChI is InChI=1S/C18H26N2O5S/c1-15-4-3-5-16(14-15)26(22,23)20-8-6-18(7-9-20)17(21)19(10-12-24-2)11-13-25-18/h3-5,14H,6-13H2,1-2H3. The first kappa shape index (κ1) is 19.4. The summed E-state index contributed by atoms with van der Waals surface area (Å²) in [5, 5.41) is 0. The summed E-state index contributed by atoms with van der Waals surface area (Å²) in [6, 6.07) is 6.90. The summed E-state index contributed by atoms with van der Waals surface area (Å²) in [6.45, 7) is 4.46. The number of carbonyl (C=O) groups excluding carboxylic acids is 1. The number of morpholine rings is 1. The van der Waals surface area contributed by atoms with Gasteiger partial charge in [0.2, 0.25) is 0 Å². The molecule has 0 N–H and O–H groups in total. The zero-order chi connectivity index (χ0) is 18.8. The number of rotatable bonds is 5. The molecule has 0 bridgehead atoms. The van der Waals surface area contributed by atoms with Crippen molar-refractivity contribution in [2.45, 2.75) is 30.3 Å². The SMILES string of the molecule is COCCN1CCOC2(CCN([S+](=O)([O-])c3cccc(C)c3)CC2)C1=O. The van der Waals surface area contributed by atoms with Gasteiger partial charge in [-0.25, -0.2) is 0 Å². The maximum atomic E-state index is 12.9. The van der Waals surface area contributed by atoms with Crippen LogP contribution < -0.4 is 0 Å². The monoisotopic (exact) mass is 382 g/mol. The third-order valence-electron chi connectivity index (χ3n) is 5.14. The topological polar surface area (TPSA) is 82.1 Å². The number of methoxy groups -OCH3 is 1. The first-order chi connectivity index (χ1) is 12.4. The van der Waals surface area contributed by atoms with Crippen molar-refractivity contribution in [2.75, 3.05) is 46.5 Å². The van der Waals surface area contributed by atoms with Gasteiger partial charge in [0, 0.05) is 46.1 Å². The lowest BCUT2D eigenvalue weighted by atomic mass is 9.89. The number of piperidine rings is 1. The van der Waals surface area contributed by atoms with Crippen molar-refractivity contribution < 1.29 is 23.0 Å². The number of hydrogen-bond donors (Lipinski definition) is 0. The predicted molar refractivity (Wildman–Crippen MR) is 96.2 cm³/mol. The van der Waals surface area contributed by atoms with E-state index in [1.165, 1.54) is 4.31 Å². The Morgan fingerprint density at radius 3 is 2.69 bits per heavy atom. The molecule has 3 rings (SSSR count). The van der Waals surface area contributed by atoms with Crippen LogP contribution in [0.25, 0.3) is 0 Å². The zero-order valence-corrected chi connectivity index (χ0v) is 16.1. The molecule has 1 spiro atoms. The molecular weight excluding hydrogens is 356 g/mol. The average molecular weight is 382 g/mol. The molecule has 1 aromatic rings. The summed E-state index contributed by atoms with van der Waals surface area (Å²) < 4.78 is 38.1. The number of nitrogens with zero attached hydrogens (tertiary/aromatic N) is 2. The van der Waals surface area contributed by atoms with Gasteiger partial charge in [-0.05, 0) is 24.6 Å². The second-order valence-corrected chi connectivity index (χ2v) is 8.79. The lowest BCUT2D eigenvalue weighted by Crippen LogP contribution is -2.61. The van der Waals surface area contributed by atoms with E-state index in [2.05, 4.69) is 0 Å². The van der Waals surface area contributed by atoms with Gasteiger partial charge in [0.05, 0.1) is 13.2 Å². The van der Waals surface area contributed by atoms with Crippen molar-refractivity contribution >= 4 is 16.3 Å². The van der Waals surface area contributed by atoms with Crippen LogP contribution in [0.15, 0.2) is 29.2 Å². The maximum absolute atomic E-state index is 12.9. The van der Waals surface area contributed by atoms with E-state index < -0.39 is 16.0 Å². The lowest BCUT2D eigenvalue weighted by molar-refractivity contribution is -0.178.